The second-order valence-electron chi connectivity index (χ2n) is 6.11. The lowest BCUT2D eigenvalue weighted by atomic mass is 9.88. The largest absolute Gasteiger partial charge is 0.482 e. The van der Waals surface area contributed by atoms with E-state index in [-0.39, 0.29) is 24.3 Å². The zero-order valence-electron chi connectivity index (χ0n) is 13.6. The number of ether oxygens (including phenoxy) is 1. The van der Waals surface area contributed by atoms with Crippen molar-refractivity contribution in [2.45, 2.75) is 25.7 Å². The van der Waals surface area contributed by atoms with Crippen molar-refractivity contribution < 1.29 is 18.7 Å². The lowest BCUT2D eigenvalue weighted by Gasteiger charge is -2.31. The molecule has 0 fully saturated rings. The lowest BCUT2D eigenvalue weighted by molar-refractivity contribution is -0.121. The Hall–Kier alpha value is -2.76. The molecule has 1 N–H and O–H groups in total. The number of carbonyl (C=O) groups excluding carboxylic acids is 2. The second-order valence-corrected chi connectivity index (χ2v) is 6.11. The summed E-state index contributed by atoms with van der Waals surface area (Å²) in [6.07, 6.45) is 1.14. The summed E-state index contributed by atoms with van der Waals surface area (Å²) in [6.45, 7) is 2.06. The van der Waals surface area contributed by atoms with Gasteiger partial charge < -0.3 is 19.4 Å². The molecule has 2 amide bonds. The standard InChI is InChI=1S/C18H18N2O4/c1-3-10-4-5-15(24-10)12-7-17(21)19-13-8-14-16(6-11(12)13)23-9-18(22)20(14)2/h4-6,8,12H,3,7,9H2,1-2H3,(H,19,21)/t12-/m0/s1. The third kappa shape index (κ3) is 2.26. The summed E-state index contributed by atoms with van der Waals surface area (Å²) in [7, 11) is 1.71. The lowest BCUT2D eigenvalue weighted by Crippen LogP contribution is -2.36. The summed E-state index contributed by atoms with van der Waals surface area (Å²) in [4.78, 5) is 25.5. The smallest absolute Gasteiger partial charge is 0.264 e. The average Bonchev–Trinajstić information content (AvgIpc) is 3.05. The number of hydrogen-bond donors (Lipinski definition) is 1. The van der Waals surface area contributed by atoms with Crippen molar-refractivity contribution in [2.24, 2.45) is 0 Å². The van der Waals surface area contributed by atoms with Crippen LogP contribution in [0.3, 0.4) is 0 Å². The van der Waals surface area contributed by atoms with Gasteiger partial charge in [0, 0.05) is 25.6 Å². The first-order valence-corrected chi connectivity index (χ1v) is 8.02. The van der Waals surface area contributed by atoms with Crippen LogP contribution in [0.5, 0.6) is 5.75 Å². The monoisotopic (exact) mass is 326 g/mol. The fraction of sp³-hybridized carbons (Fsp3) is 0.333. The average molecular weight is 326 g/mol. The summed E-state index contributed by atoms with van der Waals surface area (Å²) in [5.41, 5.74) is 2.32. The zero-order valence-corrected chi connectivity index (χ0v) is 13.6. The fourth-order valence-electron chi connectivity index (χ4n) is 3.25. The highest BCUT2D eigenvalue weighted by Gasteiger charge is 2.32. The van der Waals surface area contributed by atoms with Crippen LogP contribution in [0.4, 0.5) is 11.4 Å². The van der Waals surface area contributed by atoms with E-state index in [0.717, 1.165) is 23.5 Å². The maximum absolute atomic E-state index is 12.1. The molecule has 1 atom stereocenters. The molecule has 0 aliphatic carbocycles. The number of benzene rings is 1. The first kappa shape index (κ1) is 14.8. The number of fused-ring (bicyclic) bond motifs is 2. The number of likely N-dealkylation sites (N-methyl/N-ethyl adjacent to an activating group) is 1. The maximum Gasteiger partial charge on any atom is 0.264 e. The van der Waals surface area contributed by atoms with E-state index in [1.807, 2.05) is 25.1 Å². The first-order valence-electron chi connectivity index (χ1n) is 8.02. The molecule has 1 aromatic carbocycles. The molecule has 6 nitrogen and oxygen atoms in total. The first-order chi connectivity index (χ1) is 11.6. The predicted octanol–water partition coefficient (Wildman–Crippen LogP) is 2.67. The maximum atomic E-state index is 12.1. The highest BCUT2D eigenvalue weighted by molar-refractivity contribution is 6.01. The van der Waals surface area contributed by atoms with Crippen molar-refractivity contribution >= 4 is 23.2 Å². The quantitative estimate of drug-likeness (QED) is 0.921. The van der Waals surface area contributed by atoms with Gasteiger partial charge in [-0.05, 0) is 29.8 Å². The van der Waals surface area contributed by atoms with Crippen molar-refractivity contribution in [3.8, 4) is 5.75 Å². The Morgan fingerprint density at radius 1 is 1.29 bits per heavy atom. The number of anilines is 2. The molecule has 24 heavy (non-hydrogen) atoms. The van der Waals surface area contributed by atoms with Gasteiger partial charge in [-0.1, -0.05) is 6.92 Å². The van der Waals surface area contributed by atoms with E-state index in [1.54, 1.807) is 18.0 Å². The van der Waals surface area contributed by atoms with Crippen molar-refractivity contribution in [2.75, 3.05) is 23.9 Å². The van der Waals surface area contributed by atoms with E-state index in [2.05, 4.69) is 5.32 Å². The fourth-order valence-corrected chi connectivity index (χ4v) is 3.25. The molecule has 0 spiro atoms. The molecule has 2 aliphatic rings. The van der Waals surface area contributed by atoms with Crippen molar-refractivity contribution in [1.82, 2.24) is 0 Å². The normalized spacial score (nSPS) is 19.4. The number of carbonyl (C=O) groups is 2. The molecule has 0 bridgehead atoms. The number of nitrogens with one attached hydrogen (secondary N) is 1. The molecule has 0 radical (unpaired) electrons. The van der Waals surface area contributed by atoms with Crippen LogP contribution in [-0.4, -0.2) is 25.5 Å². The highest BCUT2D eigenvalue weighted by atomic mass is 16.5. The van der Waals surface area contributed by atoms with Gasteiger partial charge in [-0.25, -0.2) is 0 Å². The number of rotatable bonds is 2. The predicted molar refractivity (Wildman–Crippen MR) is 88.5 cm³/mol. The van der Waals surface area contributed by atoms with Gasteiger partial charge in [0.05, 0.1) is 11.6 Å². The van der Waals surface area contributed by atoms with Gasteiger partial charge in [-0.3, -0.25) is 9.59 Å². The molecular formula is C18H18N2O4. The van der Waals surface area contributed by atoms with Crippen molar-refractivity contribution in [3.05, 3.63) is 41.3 Å². The van der Waals surface area contributed by atoms with Gasteiger partial charge in [0.25, 0.3) is 5.91 Å². The molecule has 0 unspecified atom stereocenters. The Morgan fingerprint density at radius 3 is 2.88 bits per heavy atom. The molecule has 2 aromatic rings. The summed E-state index contributed by atoms with van der Waals surface area (Å²) < 4.78 is 11.4. The van der Waals surface area contributed by atoms with Crippen molar-refractivity contribution in [3.63, 3.8) is 0 Å². The van der Waals surface area contributed by atoms with Gasteiger partial charge in [0.2, 0.25) is 5.91 Å². The molecule has 3 heterocycles. The number of hydrogen-bond acceptors (Lipinski definition) is 4. The van der Waals surface area contributed by atoms with Gasteiger partial charge in [0.15, 0.2) is 6.61 Å². The molecular weight excluding hydrogens is 308 g/mol. The second kappa shape index (κ2) is 5.40. The number of aryl methyl sites for hydroxylation is 1. The summed E-state index contributed by atoms with van der Waals surface area (Å²) in [5.74, 6) is 2.01. The summed E-state index contributed by atoms with van der Waals surface area (Å²) in [5, 5.41) is 2.89. The molecule has 0 saturated heterocycles. The van der Waals surface area contributed by atoms with Crippen LogP contribution in [0.2, 0.25) is 0 Å². The van der Waals surface area contributed by atoms with Gasteiger partial charge in [-0.15, -0.1) is 0 Å². The van der Waals surface area contributed by atoms with E-state index in [4.69, 9.17) is 9.15 Å². The molecule has 1 aromatic heterocycles. The summed E-state index contributed by atoms with van der Waals surface area (Å²) >= 11 is 0. The minimum atomic E-state index is -0.147. The molecule has 2 aliphatic heterocycles. The highest BCUT2D eigenvalue weighted by Crippen LogP contribution is 2.44. The van der Waals surface area contributed by atoms with E-state index >= 15 is 0 Å². The van der Waals surface area contributed by atoms with Crippen LogP contribution >= 0.6 is 0 Å². The Balaban J connectivity index is 1.82. The summed E-state index contributed by atoms with van der Waals surface area (Å²) in [6, 6.07) is 7.59. The molecule has 124 valence electrons. The van der Waals surface area contributed by atoms with Gasteiger partial charge in [0.1, 0.15) is 17.3 Å². The Labute approximate surface area is 139 Å². The van der Waals surface area contributed by atoms with Crippen LogP contribution in [0.15, 0.2) is 28.7 Å². The zero-order chi connectivity index (χ0) is 16.8. The third-order valence-electron chi connectivity index (χ3n) is 4.63. The molecule has 0 saturated carbocycles. The van der Waals surface area contributed by atoms with Crippen LogP contribution in [-0.2, 0) is 16.0 Å². The topological polar surface area (TPSA) is 71.8 Å². The SMILES string of the molecule is CCc1ccc([C@H]2CC(=O)Nc3cc4c(cc32)OCC(=O)N4C)o1. The van der Waals surface area contributed by atoms with E-state index in [0.29, 0.717) is 23.5 Å². The molecule has 6 heteroatoms. The Morgan fingerprint density at radius 2 is 2.12 bits per heavy atom. The Kier molecular flexibility index (Phi) is 3.33. The minimum absolute atomic E-state index is 0.0278. The third-order valence-corrected chi connectivity index (χ3v) is 4.63. The van der Waals surface area contributed by atoms with E-state index < -0.39 is 0 Å². The van der Waals surface area contributed by atoms with Crippen molar-refractivity contribution in [1.29, 1.82) is 0 Å². The van der Waals surface area contributed by atoms with E-state index in [1.165, 1.54) is 0 Å². The van der Waals surface area contributed by atoms with Gasteiger partial charge in [-0.2, -0.15) is 0 Å². The number of nitrogens with zero attached hydrogens (tertiary/aromatic N) is 1. The Bertz CT molecular complexity index is 840. The van der Waals surface area contributed by atoms with Crippen LogP contribution < -0.4 is 15.0 Å². The van der Waals surface area contributed by atoms with Crippen LogP contribution in [0, 0.1) is 0 Å². The molecule has 4 rings (SSSR count). The minimum Gasteiger partial charge on any atom is -0.482 e. The number of amides is 2. The number of furan rings is 1. The van der Waals surface area contributed by atoms with Crippen LogP contribution in [0.1, 0.15) is 36.3 Å². The van der Waals surface area contributed by atoms with Gasteiger partial charge >= 0.3 is 0 Å². The van der Waals surface area contributed by atoms with Crippen LogP contribution in [0.25, 0.3) is 0 Å². The van der Waals surface area contributed by atoms with E-state index in [9.17, 15) is 9.59 Å².